The lowest BCUT2D eigenvalue weighted by Crippen LogP contribution is -2.41. The highest BCUT2D eigenvalue weighted by molar-refractivity contribution is 5.79. The first-order valence-electron chi connectivity index (χ1n) is 7.91. The van der Waals surface area contributed by atoms with E-state index in [1.165, 1.54) is 31.7 Å². The molecule has 3 nitrogen and oxygen atoms in total. The van der Waals surface area contributed by atoms with Gasteiger partial charge in [-0.25, -0.2) is 4.39 Å². The SMILES string of the molecule is CN=C(NCCc1cccc(F)c1)NCC1(C2CC2)CC1. The zero-order chi connectivity index (χ0) is 14.7. The minimum atomic E-state index is -0.171. The third-order valence-corrected chi connectivity index (χ3v) is 4.76. The van der Waals surface area contributed by atoms with Gasteiger partial charge >= 0.3 is 0 Å². The van der Waals surface area contributed by atoms with Crippen LogP contribution in [0.2, 0.25) is 0 Å². The van der Waals surface area contributed by atoms with E-state index in [0.29, 0.717) is 5.41 Å². The summed E-state index contributed by atoms with van der Waals surface area (Å²) in [7, 11) is 1.80. The quantitative estimate of drug-likeness (QED) is 0.624. The fourth-order valence-electron chi connectivity index (χ4n) is 3.08. The molecular weight excluding hydrogens is 265 g/mol. The number of hydrogen-bond acceptors (Lipinski definition) is 1. The average molecular weight is 289 g/mol. The van der Waals surface area contributed by atoms with Gasteiger partial charge in [0.25, 0.3) is 0 Å². The molecule has 114 valence electrons. The van der Waals surface area contributed by atoms with Crippen LogP contribution in [0.1, 0.15) is 31.2 Å². The Bertz CT molecular complexity index is 519. The smallest absolute Gasteiger partial charge is 0.191 e. The summed E-state index contributed by atoms with van der Waals surface area (Å²) in [4.78, 5) is 4.27. The van der Waals surface area contributed by atoms with E-state index in [9.17, 15) is 4.39 Å². The molecule has 2 N–H and O–H groups in total. The van der Waals surface area contributed by atoms with Crippen LogP contribution in [0.4, 0.5) is 4.39 Å². The van der Waals surface area contributed by atoms with E-state index < -0.39 is 0 Å². The molecule has 0 aliphatic heterocycles. The minimum Gasteiger partial charge on any atom is -0.356 e. The Labute approximate surface area is 126 Å². The fraction of sp³-hybridized carbons (Fsp3) is 0.588. The number of benzene rings is 1. The Morgan fingerprint density at radius 3 is 2.76 bits per heavy atom. The van der Waals surface area contributed by atoms with Gasteiger partial charge in [0.2, 0.25) is 0 Å². The van der Waals surface area contributed by atoms with Crippen molar-refractivity contribution in [1.82, 2.24) is 10.6 Å². The Morgan fingerprint density at radius 2 is 2.14 bits per heavy atom. The molecule has 2 aliphatic rings. The second-order valence-electron chi connectivity index (χ2n) is 6.37. The summed E-state index contributed by atoms with van der Waals surface area (Å²) in [6, 6.07) is 6.77. The van der Waals surface area contributed by atoms with Crippen LogP contribution < -0.4 is 10.6 Å². The molecule has 0 aromatic heterocycles. The predicted molar refractivity (Wildman–Crippen MR) is 83.9 cm³/mol. The van der Waals surface area contributed by atoms with Crippen LogP contribution in [-0.2, 0) is 6.42 Å². The number of hydrogen-bond donors (Lipinski definition) is 2. The number of nitrogens with one attached hydrogen (secondary N) is 2. The maximum Gasteiger partial charge on any atom is 0.191 e. The molecule has 2 saturated carbocycles. The van der Waals surface area contributed by atoms with Crippen molar-refractivity contribution < 1.29 is 4.39 Å². The van der Waals surface area contributed by atoms with Crippen molar-refractivity contribution in [3.63, 3.8) is 0 Å². The molecule has 3 rings (SSSR count). The molecule has 1 aromatic rings. The van der Waals surface area contributed by atoms with Crippen molar-refractivity contribution in [1.29, 1.82) is 0 Å². The number of aliphatic imine (C=N–C) groups is 1. The normalized spacial score (nSPS) is 20.2. The molecule has 21 heavy (non-hydrogen) atoms. The predicted octanol–water partition coefficient (Wildman–Crippen LogP) is 2.72. The number of halogens is 1. The monoisotopic (exact) mass is 289 g/mol. The van der Waals surface area contributed by atoms with Gasteiger partial charge in [0.15, 0.2) is 5.96 Å². The second-order valence-corrected chi connectivity index (χ2v) is 6.37. The first kappa shape index (κ1) is 14.4. The summed E-state index contributed by atoms with van der Waals surface area (Å²) in [6.45, 7) is 1.80. The molecule has 4 heteroatoms. The number of nitrogens with zero attached hydrogens (tertiary/aromatic N) is 1. The standard InChI is InChI=1S/C17H24FN3/c1-19-16(21-12-17(8-9-17)14-5-6-14)20-10-7-13-3-2-4-15(18)11-13/h2-4,11,14H,5-10,12H2,1H3,(H2,19,20,21). The second kappa shape index (κ2) is 6.04. The van der Waals surface area contributed by atoms with Gasteiger partial charge in [0.05, 0.1) is 0 Å². The van der Waals surface area contributed by atoms with Crippen LogP contribution >= 0.6 is 0 Å². The molecule has 0 radical (unpaired) electrons. The first-order chi connectivity index (χ1) is 10.2. The summed E-state index contributed by atoms with van der Waals surface area (Å²) in [5, 5.41) is 6.77. The molecule has 0 spiro atoms. The first-order valence-corrected chi connectivity index (χ1v) is 7.91. The highest BCUT2D eigenvalue weighted by Gasteiger charge is 2.53. The summed E-state index contributed by atoms with van der Waals surface area (Å²) < 4.78 is 13.1. The summed E-state index contributed by atoms with van der Waals surface area (Å²) >= 11 is 0. The Balaban J connectivity index is 1.40. The van der Waals surface area contributed by atoms with Gasteiger partial charge in [-0.1, -0.05) is 12.1 Å². The maximum atomic E-state index is 13.1. The zero-order valence-electron chi connectivity index (χ0n) is 12.7. The molecular formula is C17H24FN3. The van der Waals surface area contributed by atoms with Crippen molar-refractivity contribution in [3.8, 4) is 0 Å². The molecule has 0 heterocycles. The van der Waals surface area contributed by atoms with Crippen molar-refractivity contribution >= 4 is 5.96 Å². The third-order valence-electron chi connectivity index (χ3n) is 4.76. The molecule has 0 atom stereocenters. The van der Waals surface area contributed by atoms with E-state index >= 15 is 0 Å². The maximum absolute atomic E-state index is 13.1. The molecule has 1 aromatic carbocycles. The highest BCUT2D eigenvalue weighted by atomic mass is 19.1. The van der Waals surface area contributed by atoms with Crippen LogP contribution in [0.25, 0.3) is 0 Å². The van der Waals surface area contributed by atoms with Crippen LogP contribution in [0.5, 0.6) is 0 Å². The van der Waals surface area contributed by atoms with Gasteiger partial charge in [0.1, 0.15) is 5.82 Å². The Hall–Kier alpha value is -1.58. The molecule has 0 bridgehead atoms. The molecule has 0 saturated heterocycles. The van der Waals surface area contributed by atoms with Gasteiger partial charge in [-0.2, -0.15) is 0 Å². The van der Waals surface area contributed by atoms with Crippen molar-refractivity contribution in [2.75, 3.05) is 20.1 Å². The van der Waals surface area contributed by atoms with Crippen LogP contribution in [0.15, 0.2) is 29.3 Å². The van der Waals surface area contributed by atoms with E-state index in [4.69, 9.17) is 0 Å². The molecule has 2 aliphatic carbocycles. The van der Waals surface area contributed by atoms with Gasteiger partial charge in [-0.3, -0.25) is 4.99 Å². The van der Waals surface area contributed by atoms with Gasteiger partial charge < -0.3 is 10.6 Å². The van der Waals surface area contributed by atoms with E-state index in [1.54, 1.807) is 19.2 Å². The fourth-order valence-corrected chi connectivity index (χ4v) is 3.08. The zero-order valence-corrected chi connectivity index (χ0v) is 12.7. The van der Waals surface area contributed by atoms with Crippen LogP contribution in [0.3, 0.4) is 0 Å². The molecule has 2 fully saturated rings. The van der Waals surface area contributed by atoms with Crippen molar-refractivity contribution in [2.45, 2.75) is 32.1 Å². The topological polar surface area (TPSA) is 36.4 Å². The summed E-state index contributed by atoms with van der Waals surface area (Å²) in [6.07, 6.45) is 6.35. The van der Waals surface area contributed by atoms with E-state index in [1.807, 2.05) is 6.07 Å². The highest BCUT2D eigenvalue weighted by Crippen LogP contribution is 2.60. The Kier molecular flexibility index (Phi) is 4.13. The average Bonchev–Trinajstić information content (AvgIpc) is 3.36. The van der Waals surface area contributed by atoms with Gasteiger partial charge in [0, 0.05) is 20.1 Å². The van der Waals surface area contributed by atoms with E-state index in [2.05, 4.69) is 15.6 Å². The number of guanidine groups is 1. The lowest BCUT2D eigenvalue weighted by Gasteiger charge is -2.18. The van der Waals surface area contributed by atoms with E-state index in [0.717, 1.165) is 37.0 Å². The lowest BCUT2D eigenvalue weighted by molar-refractivity contribution is 0.431. The summed E-state index contributed by atoms with van der Waals surface area (Å²) in [5.74, 6) is 1.64. The van der Waals surface area contributed by atoms with E-state index in [-0.39, 0.29) is 5.82 Å². The number of rotatable bonds is 6. The van der Waals surface area contributed by atoms with Crippen LogP contribution in [0, 0.1) is 17.2 Å². The van der Waals surface area contributed by atoms with Crippen LogP contribution in [-0.4, -0.2) is 26.1 Å². The minimum absolute atomic E-state index is 0.171. The third kappa shape index (κ3) is 3.74. The van der Waals surface area contributed by atoms with Crippen molar-refractivity contribution in [3.05, 3.63) is 35.6 Å². The van der Waals surface area contributed by atoms with Crippen molar-refractivity contribution in [2.24, 2.45) is 16.3 Å². The molecule has 0 amide bonds. The Morgan fingerprint density at radius 1 is 1.33 bits per heavy atom. The largest absolute Gasteiger partial charge is 0.356 e. The van der Waals surface area contributed by atoms with Gasteiger partial charge in [-0.15, -0.1) is 0 Å². The molecule has 0 unspecified atom stereocenters. The van der Waals surface area contributed by atoms with Gasteiger partial charge in [-0.05, 0) is 61.1 Å². The summed E-state index contributed by atoms with van der Waals surface area (Å²) in [5.41, 5.74) is 1.58. The lowest BCUT2D eigenvalue weighted by atomic mass is 10.0.